The molecule has 1 amide bonds. The molecule has 0 aliphatic carbocycles. The predicted octanol–water partition coefficient (Wildman–Crippen LogP) is 1.76. The van der Waals surface area contributed by atoms with E-state index in [1.54, 1.807) is 4.90 Å². The number of anilines is 1. The summed E-state index contributed by atoms with van der Waals surface area (Å²) < 4.78 is 5.53. The van der Waals surface area contributed by atoms with Crippen LogP contribution in [0.4, 0.5) is 5.69 Å². The topological polar surface area (TPSA) is 70.1 Å². The first-order chi connectivity index (χ1) is 11.9. The second-order valence-corrected chi connectivity index (χ2v) is 7.25. The summed E-state index contributed by atoms with van der Waals surface area (Å²) in [6.07, 6.45) is 1.05. The number of hydrogen-bond donors (Lipinski definition) is 1. The first kappa shape index (κ1) is 17.7. The lowest BCUT2D eigenvalue weighted by molar-refractivity contribution is -0.146. The van der Waals surface area contributed by atoms with Crippen LogP contribution in [0, 0.1) is 5.92 Å². The predicted molar refractivity (Wildman–Crippen MR) is 94.7 cm³/mol. The molecule has 2 atom stereocenters. The van der Waals surface area contributed by atoms with Gasteiger partial charge in [-0.3, -0.25) is 9.59 Å². The fourth-order valence-electron chi connectivity index (χ4n) is 3.56. The zero-order valence-corrected chi connectivity index (χ0v) is 15.1. The smallest absolute Gasteiger partial charge is 0.315 e. The van der Waals surface area contributed by atoms with Gasteiger partial charge in [0.1, 0.15) is 5.75 Å². The van der Waals surface area contributed by atoms with Crippen LogP contribution in [-0.4, -0.2) is 55.2 Å². The maximum atomic E-state index is 12.5. The Bertz CT molecular complexity index is 665. The molecule has 0 radical (unpaired) electrons. The van der Waals surface area contributed by atoms with E-state index in [0.717, 1.165) is 11.3 Å². The molecular weight excluding hydrogens is 320 g/mol. The van der Waals surface area contributed by atoms with Gasteiger partial charge < -0.3 is 19.6 Å². The summed E-state index contributed by atoms with van der Waals surface area (Å²) in [4.78, 5) is 28.7. The molecule has 3 rings (SSSR count). The van der Waals surface area contributed by atoms with Gasteiger partial charge in [0.15, 0.2) is 0 Å². The lowest BCUT2D eigenvalue weighted by Gasteiger charge is -2.33. The fourth-order valence-corrected chi connectivity index (χ4v) is 3.56. The Labute approximate surface area is 148 Å². The number of carbonyl (C=O) groups excluding carboxylic acids is 2. The van der Waals surface area contributed by atoms with Crippen molar-refractivity contribution in [1.29, 1.82) is 0 Å². The summed E-state index contributed by atoms with van der Waals surface area (Å²) >= 11 is 0. The largest absolute Gasteiger partial charge is 0.426 e. The highest BCUT2D eigenvalue weighted by Gasteiger charge is 2.37. The highest BCUT2D eigenvalue weighted by atomic mass is 16.5. The highest BCUT2D eigenvalue weighted by molar-refractivity contribution is 5.86. The molecule has 1 fully saturated rings. The van der Waals surface area contributed by atoms with Gasteiger partial charge in [-0.15, -0.1) is 0 Å². The maximum Gasteiger partial charge on any atom is 0.315 e. The second kappa shape index (κ2) is 7.04. The van der Waals surface area contributed by atoms with E-state index < -0.39 is 5.92 Å². The van der Waals surface area contributed by atoms with Crippen LogP contribution in [0.15, 0.2) is 18.2 Å². The molecule has 136 valence electrons. The Balaban J connectivity index is 1.73. The van der Waals surface area contributed by atoms with Crippen molar-refractivity contribution < 1.29 is 19.4 Å². The summed E-state index contributed by atoms with van der Waals surface area (Å²) in [5.41, 5.74) is 1.94. The van der Waals surface area contributed by atoms with Crippen molar-refractivity contribution in [3.05, 3.63) is 23.8 Å². The number of hydrogen-bond acceptors (Lipinski definition) is 5. The Morgan fingerprint density at radius 1 is 1.32 bits per heavy atom. The van der Waals surface area contributed by atoms with Crippen LogP contribution in [-0.2, 0) is 9.59 Å². The normalized spacial score (nSPS) is 23.8. The second-order valence-electron chi connectivity index (χ2n) is 7.25. The summed E-state index contributed by atoms with van der Waals surface area (Å²) in [5.74, 6) is -0.298. The number of carbonyl (C=O) groups is 2. The van der Waals surface area contributed by atoms with Gasteiger partial charge in [-0.2, -0.15) is 0 Å². The van der Waals surface area contributed by atoms with Crippen LogP contribution in [0.3, 0.4) is 0 Å². The average molecular weight is 346 g/mol. The summed E-state index contributed by atoms with van der Waals surface area (Å²) in [7, 11) is 3.87. The van der Waals surface area contributed by atoms with Crippen LogP contribution >= 0.6 is 0 Å². The third kappa shape index (κ3) is 3.63. The molecule has 2 aliphatic heterocycles. The number of piperidine rings is 1. The van der Waals surface area contributed by atoms with Crippen LogP contribution < -0.4 is 9.64 Å². The molecule has 2 heterocycles. The Morgan fingerprint density at radius 2 is 2.00 bits per heavy atom. The van der Waals surface area contributed by atoms with E-state index in [-0.39, 0.29) is 30.3 Å². The molecule has 0 aromatic heterocycles. The fraction of sp³-hybridized carbons (Fsp3) is 0.579. The van der Waals surface area contributed by atoms with E-state index in [9.17, 15) is 14.7 Å². The third-order valence-corrected chi connectivity index (χ3v) is 5.33. The maximum absolute atomic E-state index is 12.5. The average Bonchev–Trinajstić information content (AvgIpc) is 2.58. The zero-order chi connectivity index (χ0) is 18.1. The van der Waals surface area contributed by atoms with Crippen molar-refractivity contribution >= 4 is 17.6 Å². The van der Waals surface area contributed by atoms with Crippen LogP contribution in [0.2, 0.25) is 0 Å². The molecule has 1 saturated heterocycles. The van der Waals surface area contributed by atoms with E-state index in [1.807, 2.05) is 44.1 Å². The molecular formula is C19H26N2O4. The van der Waals surface area contributed by atoms with Gasteiger partial charge in [0.25, 0.3) is 0 Å². The van der Waals surface area contributed by atoms with Gasteiger partial charge in [0.05, 0.1) is 12.0 Å². The summed E-state index contributed by atoms with van der Waals surface area (Å²) in [5, 5.41) is 9.57. The number of fused-ring (bicyclic) bond motifs is 1. The van der Waals surface area contributed by atoms with Gasteiger partial charge in [0.2, 0.25) is 5.91 Å². The number of amides is 1. The van der Waals surface area contributed by atoms with Crippen molar-refractivity contribution in [2.45, 2.75) is 38.2 Å². The first-order valence-corrected chi connectivity index (χ1v) is 8.85. The first-order valence-electron chi connectivity index (χ1n) is 8.85. The Hall–Kier alpha value is -2.08. The van der Waals surface area contributed by atoms with E-state index in [4.69, 9.17) is 4.74 Å². The molecule has 6 heteroatoms. The van der Waals surface area contributed by atoms with E-state index in [0.29, 0.717) is 31.7 Å². The van der Waals surface area contributed by atoms with E-state index in [1.165, 1.54) is 0 Å². The Morgan fingerprint density at radius 3 is 2.64 bits per heavy atom. The monoisotopic (exact) mass is 346 g/mol. The van der Waals surface area contributed by atoms with Crippen LogP contribution in [0.1, 0.15) is 37.7 Å². The minimum absolute atomic E-state index is 0.0333. The van der Waals surface area contributed by atoms with Gasteiger partial charge in [-0.25, -0.2) is 0 Å². The van der Waals surface area contributed by atoms with Gasteiger partial charge in [-0.05, 0) is 30.4 Å². The summed E-state index contributed by atoms with van der Waals surface area (Å²) in [6, 6.07) is 5.85. The molecule has 0 saturated carbocycles. The highest BCUT2D eigenvalue weighted by Crippen LogP contribution is 2.40. The SMILES string of the molecule is CC1c2ccc(N(C)C)cc2OC(=O)C1CC(=O)N1CCC(O)CC1. The Kier molecular flexibility index (Phi) is 4.99. The molecule has 1 aromatic rings. The number of nitrogens with zero attached hydrogens (tertiary/aromatic N) is 2. The number of esters is 1. The van der Waals surface area contributed by atoms with Crippen molar-refractivity contribution in [3.8, 4) is 5.75 Å². The van der Waals surface area contributed by atoms with Crippen molar-refractivity contribution in [2.75, 3.05) is 32.1 Å². The van der Waals surface area contributed by atoms with Crippen LogP contribution in [0.5, 0.6) is 5.75 Å². The standard InChI is InChI=1S/C19H26N2O4/c1-12-15-5-4-13(20(2)3)10-17(15)25-19(24)16(12)11-18(23)21-8-6-14(22)7-9-21/h4-5,10,12,14,16,22H,6-9,11H2,1-3H3. The minimum atomic E-state index is -0.461. The number of ether oxygens (including phenoxy) is 1. The number of aliphatic hydroxyl groups excluding tert-OH is 1. The molecule has 0 spiro atoms. The van der Waals surface area contributed by atoms with Gasteiger partial charge >= 0.3 is 5.97 Å². The van der Waals surface area contributed by atoms with E-state index >= 15 is 0 Å². The number of aliphatic hydroxyl groups is 1. The van der Waals surface area contributed by atoms with Crippen molar-refractivity contribution in [1.82, 2.24) is 4.90 Å². The lowest BCUT2D eigenvalue weighted by Crippen LogP contribution is -2.42. The van der Waals surface area contributed by atoms with E-state index in [2.05, 4.69) is 0 Å². The zero-order valence-electron chi connectivity index (χ0n) is 15.1. The van der Waals surface area contributed by atoms with Gasteiger partial charge in [-0.1, -0.05) is 13.0 Å². The number of rotatable bonds is 3. The molecule has 0 bridgehead atoms. The van der Waals surface area contributed by atoms with Gasteiger partial charge in [0, 0.05) is 45.4 Å². The molecule has 2 aliphatic rings. The number of likely N-dealkylation sites (tertiary alicyclic amines) is 1. The van der Waals surface area contributed by atoms with Crippen molar-refractivity contribution in [3.63, 3.8) is 0 Å². The lowest BCUT2D eigenvalue weighted by atomic mass is 9.82. The molecule has 25 heavy (non-hydrogen) atoms. The molecule has 1 aromatic carbocycles. The number of benzene rings is 1. The molecule has 2 unspecified atom stereocenters. The molecule has 1 N–H and O–H groups in total. The quantitative estimate of drug-likeness (QED) is 0.667. The minimum Gasteiger partial charge on any atom is -0.426 e. The van der Waals surface area contributed by atoms with Crippen molar-refractivity contribution in [2.24, 2.45) is 5.92 Å². The summed E-state index contributed by atoms with van der Waals surface area (Å²) in [6.45, 7) is 3.09. The molecule has 6 nitrogen and oxygen atoms in total. The van der Waals surface area contributed by atoms with Crippen LogP contribution in [0.25, 0.3) is 0 Å². The third-order valence-electron chi connectivity index (χ3n) is 5.33.